The van der Waals surface area contributed by atoms with Gasteiger partial charge in [-0.25, -0.2) is 0 Å². The fraction of sp³-hybridized carbons (Fsp3) is 0.222. The van der Waals surface area contributed by atoms with E-state index in [0.29, 0.717) is 24.3 Å². The monoisotopic (exact) mass is 348 g/mol. The first-order valence-corrected chi connectivity index (χ1v) is 7.73. The Balaban J connectivity index is 1.74. The molecule has 1 saturated heterocycles. The number of nitrogens with zero attached hydrogens (tertiary/aromatic N) is 1. The highest BCUT2D eigenvalue weighted by Crippen LogP contribution is 2.29. The summed E-state index contributed by atoms with van der Waals surface area (Å²) in [6.07, 6.45) is -3.14. The Labute approximate surface area is 142 Å². The predicted octanol–water partition coefficient (Wildman–Crippen LogP) is 4.08. The Hall–Kier alpha value is -2.83. The Kier molecular flexibility index (Phi) is 4.48. The fourth-order valence-corrected chi connectivity index (χ4v) is 2.69. The maximum absolute atomic E-state index is 12.6. The molecule has 0 aliphatic carbocycles. The van der Waals surface area contributed by atoms with E-state index in [1.165, 1.54) is 0 Å². The molecule has 0 aromatic heterocycles. The van der Waals surface area contributed by atoms with Gasteiger partial charge in [-0.1, -0.05) is 6.07 Å². The molecular weight excluding hydrogens is 333 g/mol. The first-order valence-electron chi connectivity index (χ1n) is 7.73. The summed E-state index contributed by atoms with van der Waals surface area (Å²) in [5.41, 5.74) is 0.476. The molecule has 0 atom stereocenters. The van der Waals surface area contributed by atoms with Crippen molar-refractivity contribution in [1.29, 1.82) is 0 Å². The van der Waals surface area contributed by atoms with Crippen molar-refractivity contribution < 1.29 is 22.8 Å². The minimum Gasteiger partial charge on any atom is -0.322 e. The highest BCUT2D eigenvalue weighted by atomic mass is 19.4. The summed E-state index contributed by atoms with van der Waals surface area (Å²) in [6, 6.07) is 10.8. The summed E-state index contributed by atoms with van der Waals surface area (Å²) in [5, 5.41) is 2.64. The van der Waals surface area contributed by atoms with E-state index >= 15 is 0 Å². The lowest BCUT2D eigenvalue weighted by molar-refractivity contribution is -0.137. The number of rotatable bonds is 3. The van der Waals surface area contributed by atoms with Gasteiger partial charge in [-0.05, 0) is 48.9 Å². The van der Waals surface area contributed by atoms with Crippen LogP contribution >= 0.6 is 0 Å². The van der Waals surface area contributed by atoms with E-state index in [4.69, 9.17) is 0 Å². The molecule has 4 nitrogen and oxygen atoms in total. The van der Waals surface area contributed by atoms with Gasteiger partial charge < -0.3 is 10.2 Å². The molecule has 0 saturated carbocycles. The lowest BCUT2D eigenvalue weighted by Crippen LogP contribution is -2.23. The van der Waals surface area contributed by atoms with Crippen LogP contribution in [0.25, 0.3) is 0 Å². The van der Waals surface area contributed by atoms with Gasteiger partial charge in [0.15, 0.2) is 0 Å². The SMILES string of the molecule is O=C(Nc1cccc(N2CCCC2=O)c1)c1ccc(C(F)(F)F)cc1. The van der Waals surface area contributed by atoms with Gasteiger partial charge in [0, 0.05) is 29.9 Å². The van der Waals surface area contributed by atoms with E-state index in [2.05, 4.69) is 5.32 Å². The van der Waals surface area contributed by atoms with E-state index in [0.717, 1.165) is 30.7 Å². The Morgan fingerprint density at radius 3 is 2.40 bits per heavy atom. The van der Waals surface area contributed by atoms with Crippen molar-refractivity contribution in [2.75, 3.05) is 16.8 Å². The summed E-state index contributed by atoms with van der Waals surface area (Å²) in [4.78, 5) is 25.6. The molecule has 1 aliphatic rings. The van der Waals surface area contributed by atoms with E-state index in [-0.39, 0.29) is 11.5 Å². The summed E-state index contributed by atoms with van der Waals surface area (Å²) >= 11 is 0. The first kappa shape index (κ1) is 17.0. The molecule has 0 unspecified atom stereocenters. The highest BCUT2D eigenvalue weighted by molar-refractivity contribution is 6.05. The number of alkyl halides is 3. The van der Waals surface area contributed by atoms with Crippen LogP contribution in [0.4, 0.5) is 24.5 Å². The normalized spacial score (nSPS) is 14.7. The first-order chi connectivity index (χ1) is 11.8. The molecule has 0 bridgehead atoms. The summed E-state index contributed by atoms with van der Waals surface area (Å²) in [6.45, 7) is 0.634. The third-order valence-corrected chi connectivity index (χ3v) is 3.96. The number of amides is 2. The van der Waals surface area contributed by atoms with Crippen LogP contribution in [0.3, 0.4) is 0 Å². The second kappa shape index (κ2) is 6.58. The molecule has 0 radical (unpaired) electrons. The number of hydrogen-bond donors (Lipinski definition) is 1. The molecule has 0 spiro atoms. The van der Waals surface area contributed by atoms with Gasteiger partial charge in [0.05, 0.1) is 5.56 Å². The van der Waals surface area contributed by atoms with E-state index in [1.54, 1.807) is 29.2 Å². The van der Waals surface area contributed by atoms with Crippen LogP contribution in [0.1, 0.15) is 28.8 Å². The van der Waals surface area contributed by atoms with Crippen molar-refractivity contribution in [3.05, 3.63) is 59.7 Å². The van der Waals surface area contributed by atoms with Crippen molar-refractivity contribution in [2.45, 2.75) is 19.0 Å². The van der Waals surface area contributed by atoms with Crippen LogP contribution < -0.4 is 10.2 Å². The second-order valence-corrected chi connectivity index (χ2v) is 5.73. The van der Waals surface area contributed by atoms with Gasteiger partial charge in [-0.3, -0.25) is 9.59 Å². The molecule has 1 fully saturated rings. The Morgan fingerprint density at radius 2 is 1.80 bits per heavy atom. The zero-order chi connectivity index (χ0) is 18.0. The minimum absolute atomic E-state index is 0.0335. The van der Waals surface area contributed by atoms with Gasteiger partial charge in [-0.15, -0.1) is 0 Å². The van der Waals surface area contributed by atoms with Crippen LogP contribution in [0.2, 0.25) is 0 Å². The van der Waals surface area contributed by atoms with Gasteiger partial charge in [0.25, 0.3) is 5.91 Å². The van der Waals surface area contributed by atoms with Crippen LogP contribution in [-0.4, -0.2) is 18.4 Å². The quantitative estimate of drug-likeness (QED) is 0.908. The average Bonchev–Trinajstić information content (AvgIpc) is 3.00. The maximum atomic E-state index is 12.6. The van der Waals surface area contributed by atoms with Crippen molar-refractivity contribution in [3.8, 4) is 0 Å². The highest BCUT2D eigenvalue weighted by Gasteiger charge is 2.30. The second-order valence-electron chi connectivity index (χ2n) is 5.73. The van der Waals surface area contributed by atoms with Crippen molar-refractivity contribution in [1.82, 2.24) is 0 Å². The van der Waals surface area contributed by atoms with Gasteiger partial charge in [0.1, 0.15) is 0 Å². The molecule has 1 aliphatic heterocycles. The van der Waals surface area contributed by atoms with Crippen molar-refractivity contribution in [2.24, 2.45) is 0 Å². The van der Waals surface area contributed by atoms with Crippen LogP contribution in [0.15, 0.2) is 48.5 Å². The summed E-state index contributed by atoms with van der Waals surface area (Å²) in [7, 11) is 0. The van der Waals surface area contributed by atoms with Crippen molar-refractivity contribution in [3.63, 3.8) is 0 Å². The Morgan fingerprint density at radius 1 is 1.08 bits per heavy atom. The average molecular weight is 348 g/mol. The molecule has 2 aromatic rings. The molecule has 130 valence electrons. The van der Waals surface area contributed by atoms with Crippen molar-refractivity contribution >= 4 is 23.2 Å². The molecule has 3 rings (SSSR count). The van der Waals surface area contributed by atoms with Gasteiger partial charge >= 0.3 is 6.18 Å². The molecule has 2 amide bonds. The number of halogens is 3. The number of benzene rings is 2. The zero-order valence-corrected chi connectivity index (χ0v) is 13.1. The molecule has 2 aromatic carbocycles. The fourth-order valence-electron chi connectivity index (χ4n) is 2.69. The lowest BCUT2D eigenvalue weighted by atomic mass is 10.1. The van der Waals surface area contributed by atoms with Crippen LogP contribution in [0.5, 0.6) is 0 Å². The molecule has 25 heavy (non-hydrogen) atoms. The molecule has 7 heteroatoms. The third-order valence-electron chi connectivity index (χ3n) is 3.96. The third kappa shape index (κ3) is 3.81. The van der Waals surface area contributed by atoms with Gasteiger partial charge in [-0.2, -0.15) is 13.2 Å². The standard InChI is InChI=1S/C18H15F3N2O2/c19-18(20,21)13-8-6-12(7-9-13)17(25)22-14-3-1-4-15(11-14)23-10-2-5-16(23)24/h1,3-4,6-9,11H,2,5,10H2,(H,22,25). The van der Waals surface area contributed by atoms with Crippen LogP contribution in [0, 0.1) is 0 Å². The minimum atomic E-state index is -4.44. The Bertz CT molecular complexity index is 801. The largest absolute Gasteiger partial charge is 0.416 e. The summed E-state index contributed by atoms with van der Waals surface area (Å²) in [5.74, 6) is -0.482. The maximum Gasteiger partial charge on any atom is 0.416 e. The van der Waals surface area contributed by atoms with E-state index in [9.17, 15) is 22.8 Å². The number of anilines is 2. The molecule has 1 N–H and O–H groups in total. The van der Waals surface area contributed by atoms with E-state index < -0.39 is 17.6 Å². The number of carbonyl (C=O) groups is 2. The number of nitrogens with one attached hydrogen (secondary N) is 1. The number of carbonyl (C=O) groups excluding carboxylic acids is 2. The van der Waals surface area contributed by atoms with E-state index in [1.807, 2.05) is 0 Å². The topological polar surface area (TPSA) is 49.4 Å². The smallest absolute Gasteiger partial charge is 0.322 e. The molecular formula is C18H15F3N2O2. The number of hydrogen-bond acceptors (Lipinski definition) is 2. The van der Waals surface area contributed by atoms with Gasteiger partial charge in [0.2, 0.25) is 5.91 Å². The molecule has 1 heterocycles. The summed E-state index contributed by atoms with van der Waals surface area (Å²) < 4.78 is 37.7. The zero-order valence-electron chi connectivity index (χ0n) is 13.1. The lowest BCUT2D eigenvalue weighted by Gasteiger charge is -2.16. The predicted molar refractivity (Wildman–Crippen MR) is 87.4 cm³/mol. The van der Waals surface area contributed by atoms with Crippen LogP contribution in [-0.2, 0) is 11.0 Å².